The normalized spacial score (nSPS) is 13.1. The largest absolute Gasteiger partial charge is 0.319 e. The lowest BCUT2D eigenvalue weighted by molar-refractivity contribution is 0.916. The molecule has 0 aliphatic carbocycles. The molecule has 2 rings (SSSR count). The predicted molar refractivity (Wildman–Crippen MR) is 69.4 cm³/mol. The first-order valence-electron chi connectivity index (χ1n) is 4.34. The Bertz CT molecular complexity index is 456. The molecule has 15 heavy (non-hydrogen) atoms. The lowest BCUT2D eigenvalue weighted by Crippen LogP contribution is -2.08. The summed E-state index contributed by atoms with van der Waals surface area (Å²) in [5.74, 6) is 0. The minimum atomic E-state index is -0.159. The van der Waals surface area contributed by atoms with E-state index >= 15 is 0 Å². The molecule has 0 fully saturated rings. The van der Waals surface area contributed by atoms with E-state index in [1.807, 2.05) is 24.4 Å². The van der Waals surface area contributed by atoms with Crippen molar-refractivity contribution in [2.75, 3.05) is 0 Å². The topological polar surface area (TPSA) is 26.0 Å². The minimum absolute atomic E-state index is 0.159. The molecular formula is C10H9Cl2NS2. The van der Waals surface area contributed by atoms with Crippen LogP contribution in [0.2, 0.25) is 9.36 Å². The number of rotatable bonds is 2. The number of thiophene rings is 2. The maximum Gasteiger partial charge on any atom is 0.0961 e. The van der Waals surface area contributed by atoms with Crippen molar-refractivity contribution in [3.05, 3.63) is 42.2 Å². The fourth-order valence-corrected chi connectivity index (χ4v) is 3.79. The first-order valence-corrected chi connectivity index (χ1v) is 6.79. The number of halogens is 2. The van der Waals surface area contributed by atoms with Crippen LogP contribution in [0.15, 0.2) is 17.5 Å². The van der Waals surface area contributed by atoms with E-state index in [0.29, 0.717) is 0 Å². The molecule has 1 atom stereocenters. The van der Waals surface area contributed by atoms with Crippen molar-refractivity contribution in [1.82, 2.24) is 0 Å². The van der Waals surface area contributed by atoms with E-state index in [2.05, 4.69) is 0 Å². The quantitative estimate of drug-likeness (QED) is 0.861. The molecule has 0 aliphatic heterocycles. The summed E-state index contributed by atoms with van der Waals surface area (Å²) in [5.41, 5.74) is 7.19. The van der Waals surface area contributed by atoms with Gasteiger partial charge in [0.05, 0.1) is 15.4 Å². The van der Waals surface area contributed by atoms with Crippen molar-refractivity contribution in [1.29, 1.82) is 0 Å². The Morgan fingerprint density at radius 1 is 1.40 bits per heavy atom. The molecular weight excluding hydrogens is 269 g/mol. The van der Waals surface area contributed by atoms with E-state index in [4.69, 9.17) is 28.9 Å². The van der Waals surface area contributed by atoms with Crippen LogP contribution in [0.5, 0.6) is 0 Å². The molecule has 2 heterocycles. The van der Waals surface area contributed by atoms with Gasteiger partial charge < -0.3 is 5.73 Å². The van der Waals surface area contributed by atoms with Gasteiger partial charge in [0.1, 0.15) is 0 Å². The maximum absolute atomic E-state index is 6.12. The number of hydrogen-bond donors (Lipinski definition) is 1. The third-order valence-corrected chi connectivity index (χ3v) is 5.19. The van der Waals surface area contributed by atoms with Crippen LogP contribution in [0.3, 0.4) is 0 Å². The average Bonchev–Trinajstić information content (AvgIpc) is 2.74. The van der Waals surface area contributed by atoms with E-state index in [1.54, 1.807) is 11.3 Å². The van der Waals surface area contributed by atoms with Gasteiger partial charge in [0, 0.05) is 9.75 Å². The second kappa shape index (κ2) is 4.44. The molecule has 0 amide bonds. The van der Waals surface area contributed by atoms with E-state index in [9.17, 15) is 0 Å². The van der Waals surface area contributed by atoms with Gasteiger partial charge in [-0.2, -0.15) is 0 Å². The van der Waals surface area contributed by atoms with Gasteiger partial charge in [-0.15, -0.1) is 22.7 Å². The Labute approximate surface area is 106 Å². The first-order chi connectivity index (χ1) is 7.09. The van der Waals surface area contributed by atoms with Gasteiger partial charge in [-0.1, -0.05) is 23.2 Å². The van der Waals surface area contributed by atoms with Gasteiger partial charge in [-0.05, 0) is 30.0 Å². The summed E-state index contributed by atoms with van der Waals surface area (Å²) >= 11 is 15.1. The highest BCUT2D eigenvalue weighted by atomic mass is 35.5. The van der Waals surface area contributed by atoms with Crippen LogP contribution >= 0.6 is 45.9 Å². The number of aryl methyl sites for hydroxylation is 1. The van der Waals surface area contributed by atoms with Crippen LogP contribution in [0, 0.1) is 6.92 Å². The summed E-state index contributed by atoms with van der Waals surface area (Å²) in [6.45, 7) is 1.98. The highest BCUT2D eigenvalue weighted by molar-refractivity contribution is 7.16. The zero-order valence-electron chi connectivity index (χ0n) is 7.96. The molecule has 1 nitrogen and oxygen atoms in total. The molecule has 0 bridgehead atoms. The Hall–Kier alpha value is -0.0600. The summed E-state index contributed by atoms with van der Waals surface area (Å²) in [6, 6.07) is 3.73. The Morgan fingerprint density at radius 3 is 2.60 bits per heavy atom. The van der Waals surface area contributed by atoms with Crippen molar-refractivity contribution in [2.24, 2.45) is 5.73 Å². The molecule has 0 aromatic carbocycles. The zero-order chi connectivity index (χ0) is 11.0. The van der Waals surface area contributed by atoms with Gasteiger partial charge in [0.2, 0.25) is 0 Å². The zero-order valence-corrected chi connectivity index (χ0v) is 11.1. The number of hydrogen-bond acceptors (Lipinski definition) is 3. The molecule has 0 saturated carbocycles. The summed E-state index contributed by atoms with van der Waals surface area (Å²) in [4.78, 5) is 2.05. The fraction of sp³-hybridized carbons (Fsp3) is 0.200. The molecule has 1 unspecified atom stereocenters. The van der Waals surface area contributed by atoms with Crippen LogP contribution in [0.25, 0.3) is 0 Å². The Kier molecular flexibility index (Phi) is 3.38. The molecule has 0 radical (unpaired) electrons. The van der Waals surface area contributed by atoms with Crippen LogP contribution < -0.4 is 5.73 Å². The van der Waals surface area contributed by atoms with Crippen molar-refractivity contribution in [3.8, 4) is 0 Å². The van der Waals surface area contributed by atoms with E-state index in [1.165, 1.54) is 11.3 Å². The summed E-state index contributed by atoms with van der Waals surface area (Å²) in [7, 11) is 0. The predicted octanol–water partition coefficient (Wildman–Crippen LogP) is 4.47. The highest BCUT2D eigenvalue weighted by Crippen LogP contribution is 2.37. The Morgan fingerprint density at radius 2 is 2.13 bits per heavy atom. The molecule has 5 heteroatoms. The van der Waals surface area contributed by atoms with Crippen molar-refractivity contribution in [2.45, 2.75) is 13.0 Å². The van der Waals surface area contributed by atoms with Gasteiger partial charge in [-0.25, -0.2) is 0 Å². The summed E-state index contributed by atoms with van der Waals surface area (Å²) in [5, 5.41) is 2.68. The third-order valence-electron chi connectivity index (χ3n) is 2.11. The van der Waals surface area contributed by atoms with Gasteiger partial charge in [0.15, 0.2) is 0 Å². The first kappa shape index (κ1) is 11.4. The molecule has 2 aromatic rings. The van der Waals surface area contributed by atoms with E-state index < -0.39 is 0 Å². The summed E-state index contributed by atoms with van der Waals surface area (Å²) < 4.78 is 0.799. The smallest absolute Gasteiger partial charge is 0.0961 e. The van der Waals surface area contributed by atoms with Crippen molar-refractivity contribution >= 4 is 45.9 Å². The molecule has 0 spiro atoms. The SMILES string of the molecule is Cc1cc(C(N)c2sccc2Cl)sc1Cl. The molecule has 0 saturated heterocycles. The van der Waals surface area contributed by atoms with Crippen LogP contribution in [-0.4, -0.2) is 0 Å². The lowest BCUT2D eigenvalue weighted by Gasteiger charge is -2.07. The average molecular weight is 278 g/mol. The highest BCUT2D eigenvalue weighted by Gasteiger charge is 2.16. The molecule has 2 aromatic heterocycles. The minimum Gasteiger partial charge on any atom is -0.319 e. The van der Waals surface area contributed by atoms with Crippen LogP contribution in [-0.2, 0) is 0 Å². The maximum atomic E-state index is 6.12. The van der Waals surface area contributed by atoms with Crippen molar-refractivity contribution < 1.29 is 0 Å². The molecule has 80 valence electrons. The second-order valence-electron chi connectivity index (χ2n) is 3.22. The van der Waals surface area contributed by atoms with Crippen LogP contribution in [0.1, 0.15) is 21.4 Å². The number of nitrogens with two attached hydrogens (primary N) is 1. The van der Waals surface area contributed by atoms with Crippen LogP contribution in [0.4, 0.5) is 0 Å². The van der Waals surface area contributed by atoms with E-state index in [0.717, 1.165) is 24.7 Å². The fourth-order valence-electron chi connectivity index (χ4n) is 1.29. The van der Waals surface area contributed by atoms with E-state index in [-0.39, 0.29) is 6.04 Å². The summed E-state index contributed by atoms with van der Waals surface area (Å²) in [6.07, 6.45) is 0. The second-order valence-corrected chi connectivity index (χ2v) is 6.26. The Balaban J connectivity index is 2.36. The third kappa shape index (κ3) is 2.22. The lowest BCUT2D eigenvalue weighted by atomic mass is 10.2. The van der Waals surface area contributed by atoms with Crippen molar-refractivity contribution in [3.63, 3.8) is 0 Å². The van der Waals surface area contributed by atoms with Gasteiger partial charge in [-0.3, -0.25) is 0 Å². The van der Waals surface area contributed by atoms with Gasteiger partial charge >= 0.3 is 0 Å². The standard InChI is InChI=1S/C10H9Cl2NS2/c1-5-4-7(15-10(5)12)8(13)9-6(11)2-3-14-9/h2-4,8H,13H2,1H3. The van der Waals surface area contributed by atoms with Gasteiger partial charge in [0.25, 0.3) is 0 Å². The molecule has 2 N–H and O–H groups in total. The molecule has 0 aliphatic rings. The monoisotopic (exact) mass is 277 g/mol.